The predicted octanol–water partition coefficient (Wildman–Crippen LogP) is 1.31. The highest BCUT2D eigenvalue weighted by Gasteiger charge is 2.12. The minimum Gasteiger partial charge on any atom is -0.496 e. The molecule has 0 atom stereocenters. The van der Waals surface area contributed by atoms with Gasteiger partial charge in [-0.25, -0.2) is 0 Å². The van der Waals surface area contributed by atoms with Crippen LogP contribution in [0.2, 0.25) is 0 Å². The monoisotopic (exact) mass is 272 g/mol. The van der Waals surface area contributed by atoms with Crippen molar-refractivity contribution in [3.8, 4) is 5.75 Å². The van der Waals surface area contributed by atoms with Crippen LogP contribution in [-0.2, 0) is 6.54 Å². The molecule has 3 N–H and O–H groups in total. The summed E-state index contributed by atoms with van der Waals surface area (Å²) in [6.45, 7) is 2.16. The summed E-state index contributed by atoms with van der Waals surface area (Å²) in [5, 5.41) is 2.77. The van der Waals surface area contributed by atoms with Crippen molar-refractivity contribution in [1.82, 2.24) is 15.3 Å². The number of rotatable bonds is 4. The van der Waals surface area contributed by atoms with Crippen molar-refractivity contribution in [3.05, 3.63) is 47.5 Å². The smallest absolute Gasteiger partial charge is 0.255 e. The lowest BCUT2D eigenvalue weighted by atomic mass is 10.1. The first-order valence-corrected chi connectivity index (χ1v) is 6.09. The van der Waals surface area contributed by atoms with Crippen molar-refractivity contribution in [3.63, 3.8) is 0 Å². The van der Waals surface area contributed by atoms with Gasteiger partial charge in [0.1, 0.15) is 5.75 Å². The zero-order chi connectivity index (χ0) is 14.5. The van der Waals surface area contributed by atoms with Crippen LogP contribution in [-0.4, -0.2) is 23.0 Å². The Morgan fingerprint density at radius 2 is 2.15 bits per heavy atom. The molecule has 6 heteroatoms. The van der Waals surface area contributed by atoms with E-state index in [0.29, 0.717) is 29.2 Å². The van der Waals surface area contributed by atoms with Crippen LogP contribution in [0, 0.1) is 6.92 Å². The Morgan fingerprint density at radius 1 is 1.35 bits per heavy atom. The lowest BCUT2D eigenvalue weighted by molar-refractivity contribution is 0.0947. The van der Waals surface area contributed by atoms with Crippen molar-refractivity contribution >= 4 is 11.6 Å². The van der Waals surface area contributed by atoms with Crippen molar-refractivity contribution in [2.75, 3.05) is 12.8 Å². The number of amides is 1. The molecule has 0 unspecified atom stereocenters. The summed E-state index contributed by atoms with van der Waals surface area (Å²) in [4.78, 5) is 20.4. The summed E-state index contributed by atoms with van der Waals surface area (Å²) in [5.41, 5.74) is 8.16. The number of aryl methyl sites for hydroxylation is 1. The summed E-state index contributed by atoms with van der Waals surface area (Å²) in [5.74, 6) is 0.196. The number of carbonyl (C=O) groups excluding carboxylic acids is 1. The van der Waals surface area contributed by atoms with E-state index in [2.05, 4.69) is 15.3 Å². The molecule has 1 aromatic heterocycles. The van der Waals surface area contributed by atoms with E-state index in [4.69, 9.17) is 10.5 Å². The van der Waals surface area contributed by atoms with Crippen molar-refractivity contribution in [2.45, 2.75) is 13.5 Å². The van der Waals surface area contributed by atoms with Gasteiger partial charge in [-0.2, -0.15) is 0 Å². The second kappa shape index (κ2) is 6.01. The largest absolute Gasteiger partial charge is 0.496 e. The minimum atomic E-state index is -0.246. The number of nitrogens with two attached hydrogens (primary N) is 1. The molecule has 0 fully saturated rings. The number of benzene rings is 1. The number of carbonyl (C=O) groups is 1. The van der Waals surface area contributed by atoms with Gasteiger partial charge < -0.3 is 15.8 Å². The van der Waals surface area contributed by atoms with Crippen molar-refractivity contribution in [1.29, 1.82) is 0 Å². The lowest BCUT2D eigenvalue weighted by Gasteiger charge is -2.09. The second-order valence-electron chi connectivity index (χ2n) is 4.29. The molecule has 104 valence electrons. The molecule has 0 radical (unpaired) electrons. The third-order valence-corrected chi connectivity index (χ3v) is 2.73. The average Bonchev–Trinajstić information content (AvgIpc) is 2.46. The Balaban J connectivity index is 2.07. The van der Waals surface area contributed by atoms with Crippen molar-refractivity contribution < 1.29 is 9.53 Å². The zero-order valence-electron chi connectivity index (χ0n) is 11.4. The number of anilines is 1. The number of nitrogens with one attached hydrogen (secondary N) is 1. The number of nitrogens with zero attached hydrogens (tertiary/aromatic N) is 2. The molecular weight excluding hydrogens is 256 g/mol. The highest BCUT2D eigenvalue weighted by Crippen LogP contribution is 2.21. The second-order valence-corrected chi connectivity index (χ2v) is 4.29. The van der Waals surface area contributed by atoms with E-state index in [0.717, 1.165) is 5.69 Å². The molecule has 0 aliphatic rings. The molecule has 20 heavy (non-hydrogen) atoms. The summed E-state index contributed by atoms with van der Waals surface area (Å²) >= 11 is 0. The first kappa shape index (κ1) is 13.8. The number of hydrogen-bond acceptors (Lipinski definition) is 5. The maximum atomic E-state index is 12.1. The average molecular weight is 272 g/mol. The quantitative estimate of drug-likeness (QED) is 0.819. The number of aromatic nitrogens is 2. The molecule has 1 heterocycles. The highest BCUT2D eigenvalue weighted by atomic mass is 16.5. The fourth-order valence-corrected chi connectivity index (χ4v) is 1.67. The molecular formula is C14H16N4O2. The molecule has 1 amide bonds. The van der Waals surface area contributed by atoms with Gasteiger partial charge in [-0.3, -0.25) is 14.8 Å². The first-order chi connectivity index (χ1) is 9.60. The maximum absolute atomic E-state index is 12.1. The van der Waals surface area contributed by atoms with Gasteiger partial charge in [0, 0.05) is 18.0 Å². The molecule has 1 aromatic carbocycles. The van der Waals surface area contributed by atoms with Crippen molar-refractivity contribution in [2.24, 2.45) is 0 Å². The van der Waals surface area contributed by atoms with Crippen LogP contribution < -0.4 is 15.8 Å². The van der Waals surface area contributed by atoms with Crippen LogP contribution in [0.1, 0.15) is 21.7 Å². The molecule has 2 aromatic rings. The number of ether oxygens (including phenoxy) is 1. The Hall–Kier alpha value is -2.63. The van der Waals surface area contributed by atoms with E-state index in [9.17, 15) is 4.79 Å². The molecule has 0 saturated carbocycles. The molecule has 0 aliphatic heterocycles. The molecule has 0 spiro atoms. The van der Waals surface area contributed by atoms with Gasteiger partial charge >= 0.3 is 0 Å². The predicted molar refractivity (Wildman–Crippen MR) is 75.3 cm³/mol. The van der Waals surface area contributed by atoms with Gasteiger partial charge in [0.2, 0.25) is 0 Å². The molecule has 0 aliphatic carbocycles. The molecule has 0 bridgehead atoms. The van der Waals surface area contributed by atoms with Crippen LogP contribution in [0.3, 0.4) is 0 Å². The van der Waals surface area contributed by atoms with Gasteiger partial charge in [-0.05, 0) is 19.1 Å². The standard InChI is InChI=1S/C14H16N4O2/c1-9-6-17-11(7-16-9)8-18-14(19)12-4-3-10(15)5-13(12)20-2/h3-7H,8,15H2,1-2H3,(H,18,19). The number of methoxy groups -OCH3 is 1. The number of hydrogen-bond donors (Lipinski definition) is 2. The van der Waals surface area contributed by atoms with Gasteiger partial charge in [0.15, 0.2) is 0 Å². The fourth-order valence-electron chi connectivity index (χ4n) is 1.67. The highest BCUT2D eigenvalue weighted by molar-refractivity contribution is 5.97. The minimum absolute atomic E-state index is 0.246. The van der Waals surface area contributed by atoms with Crippen LogP contribution in [0.4, 0.5) is 5.69 Å². The van der Waals surface area contributed by atoms with E-state index < -0.39 is 0 Å². The Labute approximate surface area is 117 Å². The molecule has 2 rings (SSSR count). The molecule has 0 saturated heterocycles. The van der Waals surface area contributed by atoms with E-state index in [1.807, 2.05) is 6.92 Å². The van der Waals surface area contributed by atoms with E-state index in [1.54, 1.807) is 30.6 Å². The van der Waals surface area contributed by atoms with Gasteiger partial charge in [-0.15, -0.1) is 0 Å². The Bertz CT molecular complexity index is 611. The first-order valence-electron chi connectivity index (χ1n) is 6.09. The molecule has 6 nitrogen and oxygen atoms in total. The van der Waals surface area contributed by atoms with E-state index >= 15 is 0 Å². The van der Waals surface area contributed by atoms with Crippen LogP contribution in [0.25, 0.3) is 0 Å². The number of nitrogen functional groups attached to an aromatic ring is 1. The van der Waals surface area contributed by atoms with Crippen LogP contribution in [0.5, 0.6) is 5.75 Å². The fraction of sp³-hybridized carbons (Fsp3) is 0.214. The summed E-state index contributed by atoms with van der Waals surface area (Å²) in [6, 6.07) is 4.90. The lowest BCUT2D eigenvalue weighted by Crippen LogP contribution is -2.24. The van der Waals surface area contributed by atoms with Gasteiger partial charge in [0.25, 0.3) is 5.91 Å². The summed E-state index contributed by atoms with van der Waals surface area (Å²) < 4.78 is 5.15. The maximum Gasteiger partial charge on any atom is 0.255 e. The van der Waals surface area contributed by atoms with E-state index in [1.165, 1.54) is 7.11 Å². The SMILES string of the molecule is COc1cc(N)ccc1C(=O)NCc1cnc(C)cn1. The van der Waals surface area contributed by atoms with Gasteiger partial charge in [-0.1, -0.05) is 0 Å². The van der Waals surface area contributed by atoms with Crippen LogP contribution >= 0.6 is 0 Å². The Morgan fingerprint density at radius 3 is 2.80 bits per heavy atom. The van der Waals surface area contributed by atoms with Gasteiger partial charge in [0.05, 0.1) is 36.8 Å². The third-order valence-electron chi connectivity index (χ3n) is 2.73. The summed E-state index contributed by atoms with van der Waals surface area (Å²) in [7, 11) is 1.50. The van der Waals surface area contributed by atoms with Crippen LogP contribution in [0.15, 0.2) is 30.6 Å². The Kier molecular flexibility index (Phi) is 4.14. The van der Waals surface area contributed by atoms with E-state index in [-0.39, 0.29) is 5.91 Å². The summed E-state index contributed by atoms with van der Waals surface area (Å²) in [6.07, 6.45) is 3.29. The zero-order valence-corrected chi connectivity index (χ0v) is 11.4. The topological polar surface area (TPSA) is 90.1 Å². The third kappa shape index (κ3) is 3.23. The normalized spacial score (nSPS) is 10.1.